The number of aryl methyl sites for hydroxylation is 1. The molecule has 1 aromatic heterocycles. The minimum atomic E-state index is -0.105. The Morgan fingerprint density at radius 3 is 2.82 bits per heavy atom. The predicted octanol–water partition coefficient (Wildman–Crippen LogP) is 2.16. The second-order valence-corrected chi connectivity index (χ2v) is 4.14. The highest BCUT2D eigenvalue weighted by Crippen LogP contribution is 2.11. The Hall–Kier alpha value is -2.10. The fraction of sp³-hybridized carbons (Fsp3) is 0.231. The predicted molar refractivity (Wildman–Crippen MR) is 68.0 cm³/mol. The van der Waals surface area contributed by atoms with Crippen molar-refractivity contribution in [2.45, 2.75) is 13.8 Å². The van der Waals surface area contributed by atoms with Gasteiger partial charge in [0.1, 0.15) is 5.82 Å². The third-order valence-corrected chi connectivity index (χ3v) is 2.60. The summed E-state index contributed by atoms with van der Waals surface area (Å²) in [6, 6.07) is 5.55. The van der Waals surface area contributed by atoms with Crippen LogP contribution in [0.25, 0.3) is 17.0 Å². The standard InChI is InChI=1S/C13H14N2O2/c1-8-4-5-11-10(6-8)13(17)15(3)12(14-11)7-9(2)16/h4-7,16H,1-3H3/b9-7-. The molecule has 2 rings (SSSR count). The Bertz CT molecular complexity index is 665. The van der Waals surface area contributed by atoms with E-state index in [1.807, 2.05) is 25.1 Å². The maximum absolute atomic E-state index is 12.1. The SMILES string of the molecule is C/C(O)=C/c1nc2ccc(C)cc2c(=O)n1C. The van der Waals surface area contributed by atoms with Gasteiger partial charge in [-0.15, -0.1) is 0 Å². The molecule has 1 N–H and O–H groups in total. The van der Waals surface area contributed by atoms with Crippen LogP contribution in [-0.2, 0) is 7.05 Å². The van der Waals surface area contributed by atoms with Gasteiger partial charge in [0.25, 0.3) is 5.56 Å². The lowest BCUT2D eigenvalue weighted by atomic mass is 10.1. The zero-order valence-corrected chi connectivity index (χ0v) is 10.1. The van der Waals surface area contributed by atoms with E-state index in [2.05, 4.69) is 4.98 Å². The van der Waals surface area contributed by atoms with Crippen LogP contribution in [0.5, 0.6) is 0 Å². The van der Waals surface area contributed by atoms with Gasteiger partial charge in [0.15, 0.2) is 0 Å². The molecule has 2 aromatic rings. The minimum absolute atomic E-state index is 0.105. The number of nitrogens with zero attached hydrogens (tertiary/aromatic N) is 2. The van der Waals surface area contributed by atoms with E-state index in [9.17, 15) is 9.90 Å². The zero-order chi connectivity index (χ0) is 12.6. The van der Waals surface area contributed by atoms with Crippen LogP contribution < -0.4 is 5.56 Å². The number of aliphatic hydroxyl groups is 1. The van der Waals surface area contributed by atoms with Gasteiger partial charge in [0.2, 0.25) is 0 Å². The molecule has 0 aliphatic heterocycles. The Labute approximate surface area is 98.9 Å². The molecule has 0 amide bonds. The summed E-state index contributed by atoms with van der Waals surface area (Å²) >= 11 is 0. The largest absolute Gasteiger partial charge is 0.512 e. The molecule has 0 aliphatic carbocycles. The number of fused-ring (bicyclic) bond motifs is 1. The van der Waals surface area contributed by atoms with Gasteiger partial charge >= 0.3 is 0 Å². The number of allylic oxidation sites excluding steroid dienone is 1. The van der Waals surface area contributed by atoms with E-state index in [4.69, 9.17) is 0 Å². The smallest absolute Gasteiger partial charge is 0.261 e. The quantitative estimate of drug-likeness (QED) is 0.764. The van der Waals surface area contributed by atoms with Crippen molar-refractivity contribution in [1.82, 2.24) is 9.55 Å². The lowest BCUT2D eigenvalue weighted by molar-refractivity contribution is 0.419. The van der Waals surface area contributed by atoms with Crippen LogP contribution in [0.2, 0.25) is 0 Å². The molecule has 0 radical (unpaired) electrons. The van der Waals surface area contributed by atoms with E-state index < -0.39 is 0 Å². The van der Waals surface area contributed by atoms with Crippen LogP contribution in [0.15, 0.2) is 28.8 Å². The van der Waals surface area contributed by atoms with Gasteiger partial charge in [-0.1, -0.05) is 11.6 Å². The second kappa shape index (κ2) is 4.05. The zero-order valence-electron chi connectivity index (χ0n) is 10.1. The van der Waals surface area contributed by atoms with Crippen molar-refractivity contribution in [3.05, 3.63) is 45.7 Å². The topological polar surface area (TPSA) is 55.1 Å². The van der Waals surface area contributed by atoms with Crippen molar-refractivity contribution >= 4 is 17.0 Å². The summed E-state index contributed by atoms with van der Waals surface area (Å²) in [6.07, 6.45) is 1.47. The van der Waals surface area contributed by atoms with Gasteiger partial charge in [0.05, 0.1) is 16.7 Å². The van der Waals surface area contributed by atoms with E-state index in [1.54, 1.807) is 14.0 Å². The molecule has 0 unspecified atom stereocenters. The maximum atomic E-state index is 12.1. The fourth-order valence-electron chi connectivity index (χ4n) is 1.72. The molecule has 4 heteroatoms. The first-order valence-corrected chi connectivity index (χ1v) is 5.33. The third kappa shape index (κ3) is 2.06. The van der Waals surface area contributed by atoms with Crippen molar-refractivity contribution in [2.24, 2.45) is 7.05 Å². The van der Waals surface area contributed by atoms with Gasteiger partial charge < -0.3 is 5.11 Å². The van der Waals surface area contributed by atoms with Crippen LogP contribution in [0.4, 0.5) is 0 Å². The molecule has 0 saturated heterocycles. The molecule has 0 fully saturated rings. The van der Waals surface area contributed by atoms with Gasteiger partial charge in [-0.25, -0.2) is 4.98 Å². The highest BCUT2D eigenvalue weighted by Gasteiger charge is 2.06. The molecular formula is C13H14N2O2. The van der Waals surface area contributed by atoms with E-state index in [0.29, 0.717) is 16.7 Å². The third-order valence-electron chi connectivity index (χ3n) is 2.60. The number of hydrogen-bond donors (Lipinski definition) is 1. The summed E-state index contributed by atoms with van der Waals surface area (Å²) in [7, 11) is 1.64. The number of aromatic nitrogens is 2. The highest BCUT2D eigenvalue weighted by molar-refractivity contribution is 5.79. The average molecular weight is 230 g/mol. The first kappa shape index (κ1) is 11.4. The summed E-state index contributed by atoms with van der Waals surface area (Å²) in [6.45, 7) is 3.48. The molecule has 0 bridgehead atoms. The van der Waals surface area contributed by atoms with Crippen LogP contribution in [0.3, 0.4) is 0 Å². The molecule has 1 heterocycles. The Morgan fingerprint density at radius 1 is 1.47 bits per heavy atom. The summed E-state index contributed by atoms with van der Waals surface area (Å²) < 4.78 is 1.43. The first-order valence-electron chi connectivity index (χ1n) is 5.33. The summed E-state index contributed by atoms with van der Waals surface area (Å²) in [4.78, 5) is 16.4. The molecular weight excluding hydrogens is 216 g/mol. The summed E-state index contributed by atoms with van der Waals surface area (Å²) in [5.41, 5.74) is 1.57. The first-order chi connectivity index (χ1) is 7.99. The number of benzene rings is 1. The normalized spacial score (nSPS) is 12.1. The van der Waals surface area contributed by atoms with E-state index in [1.165, 1.54) is 10.6 Å². The Morgan fingerprint density at radius 2 is 2.18 bits per heavy atom. The number of rotatable bonds is 1. The molecule has 4 nitrogen and oxygen atoms in total. The van der Waals surface area contributed by atoms with Crippen molar-refractivity contribution < 1.29 is 5.11 Å². The maximum Gasteiger partial charge on any atom is 0.261 e. The minimum Gasteiger partial charge on any atom is -0.512 e. The van der Waals surface area contributed by atoms with E-state index in [0.717, 1.165) is 5.56 Å². The summed E-state index contributed by atoms with van der Waals surface area (Å²) in [5, 5.41) is 9.84. The number of aliphatic hydroxyl groups excluding tert-OH is 1. The van der Waals surface area contributed by atoms with Gasteiger partial charge in [-0.2, -0.15) is 0 Å². The van der Waals surface area contributed by atoms with E-state index in [-0.39, 0.29) is 11.3 Å². The molecule has 1 aromatic carbocycles. The Balaban J connectivity index is 2.85. The number of hydrogen-bond acceptors (Lipinski definition) is 3. The molecule has 0 spiro atoms. The molecule has 0 saturated carbocycles. The van der Waals surface area contributed by atoms with Crippen molar-refractivity contribution in [2.75, 3.05) is 0 Å². The molecule has 17 heavy (non-hydrogen) atoms. The highest BCUT2D eigenvalue weighted by atomic mass is 16.3. The van der Waals surface area contributed by atoms with E-state index >= 15 is 0 Å². The van der Waals surface area contributed by atoms with Gasteiger partial charge in [0, 0.05) is 13.1 Å². The van der Waals surface area contributed by atoms with Crippen LogP contribution in [0, 0.1) is 6.92 Å². The summed E-state index contributed by atoms with van der Waals surface area (Å²) in [5.74, 6) is 0.574. The van der Waals surface area contributed by atoms with Crippen LogP contribution >= 0.6 is 0 Å². The van der Waals surface area contributed by atoms with Crippen LogP contribution in [-0.4, -0.2) is 14.7 Å². The lowest BCUT2D eigenvalue weighted by Gasteiger charge is -2.06. The monoisotopic (exact) mass is 230 g/mol. The fourth-order valence-corrected chi connectivity index (χ4v) is 1.72. The molecule has 88 valence electrons. The molecule has 0 aliphatic rings. The Kier molecular flexibility index (Phi) is 2.71. The van der Waals surface area contributed by atoms with Crippen LogP contribution in [0.1, 0.15) is 18.3 Å². The van der Waals surface area contributed by atoms with Crippen molar-refractivity contribution in [3.63, 3.8) is 0 Å². The van der Waals surface area contributed by atoms with Crippen molar-refractivity contribution in [3.8, 4) is 0 Å². The average Bonchev–Trinajstić information content (AvgIpc) is 2.26. The lowest BCUT2D eigenvalue weighted by Crippen LogP contribution is -2.20. The van der Waals surface area contributed by atoms with Gasteiger partial charge in [-0.05, 0) is 26.0 Å². The second-order valence-electron chi connectivity index (χ2n) is 4.14. The van der Waals surface area contributed by atoms with Crippen molar-refractivity contribution in [1.29, 1.82) is 0 Å². The molecule has 0 atom stereocenters. The van der Waals surface area contributed by atoms with Gasteiger partial charge in [-0.3, -0.25) is 9.36 Å².